The van der Waals surface area contributed by atoms with Gasteiger partial charge in [0.25, 0.3) is 0 Å². The summed E-state index contributed by atoms with van der Waals surface area (Å²) in [6.07, 6.45) is 4.44. The highest BCUT2D eigenvalue weighted by atomic mass is 32.2. The fraction of sp³-hybridized carbons (Fsp3) is 0.545. The molecule has 1 N–H and O–H groups in total. The average Bonchev–Trinajstić information content (AvgIpc) is 2.25. The molecule has 2 nitrogen and oxygen atoms in total. The standard InChI is InChI=1S/C11H18N2S/c1-3-4-7-14-9-11-8-10(12-2)5-6-13-11/h5-6,8H,3-4,7,9H2,1-2H3,(H,12,13). The summed E-state index contributed by atoms with van der Waals surface area (Å²) in [7, 11) is 1.93. The van der Waals surface area contributed by atoms with Gasteiger partial charge in [-0.25, -0.2) is 0 Å². The lowest BCUT2D eigenvalue weighted by atomic mass is 10.3. The Morgan fingerprint density at radius 2 is 2.36 bits per heavy atom. The number of hydrogen-bond donors (Lipinski definition) is 1. The molecule has 78 valence electrons. The monoisotopic (exact) mass is 210 g/mol. The van der Waals surface area contributed by atoms with Gasteiger partial charge in [0, 0.05) is 24.7 Å². The maximum atomic E-state index is 4.32. The van der Waals surface area contributed by atoms with Gasteiger partial charge in [0.15, 0.2) is 0 Å². The molecule has 0 radical (unpaired) electrons. The first-order chi connectivity index (χ1) is 6.86. The van der Waals surface area contributed by atoms with Gasteiger partial charge in [-0.2, -0.15) is 11.8 Å². The van der Waals surface area contributed by atoms with Crippen molar-refractivity contribution in [2.75, 3.05) is 18.1 Å². The second kappa shape index (κ2) is 6.71. The summed E-state index contributed by atoms with van der Waals surface area (Å²) in [5.41, 5.74) is 2.31. The van der Waals surface area contributed by atoms with Gasteiger partial charge in [-0.05, 0) is 24.3 Å². The molecule has 1 rings (SSSR count). The molecular weight excluding hydrogens is 192 g/mol. The van der Waals surface area contributed by atoms with Gasteiger partial charge in [-0.1, -0.05) is 13.3 Å². The number of aromatic nitrogens is 1. The van der Waals surface area contributed by atoms with Gasteiger partial charge in [-0.3, -0.25) is 4.98 Å². The Morgan fingerprint density at radius 1 is 1.50 bits per heavy atom. The van der Waals surface area contributed by atoms with E-state index < -0.39 is 0 Å². The lowest BCUT2D eigenvalue weighted by Crippen LogP contribution is -1.92. The molecule has 0 aliphatic carbocycles. The molecule has 14 heavy (non-hydrogen) atoms. The quantitative estimate of drug-likeness (QED) is 0.730. The molecule has 0 amide bonds. The first-order valence-corrected chi connectivity index (χ1v) is 6.22. The van der Waals surface area contributed by atoms with Crippen molar-refractivity contribution < 1.29 is 0 Å². The molecule has 0 saturated carbocycles. The van der Waals surface area contributed by atoms with Crippen molar-refractivity contribution >= 4 is 17.4 Å². The molecule has 0 spiro atoms. The van der Waals surface area contributed by atoms with Crippen LogP contribution in [0.3, 0.4) is 0 Å². The Balaban J connectivity index is 2.34. The highest BCUT2D eigenvalue weighted by Gasteiger charge is 1.96. The fourth-order valence-electron chi connectivity index (χ4n) is 1.14. The summed E-state index contributed by atoms with van der Waals surface area (Å²) in [4.78, 5) is 4.32. The molecule has 0 unspecified atom stereocenters. The predicted molar refractivity (Wildman–Crippen MR) is 64.9 cm³/mol. The summed E-state index contributed by atoms with van der Waals surface area (Å²) in [6, 6.07) is 4.10. The molecule has 0 aromatic carbocycles. The van der Waals surface area contributed by atoms with Crippen LogP contribution < -0.4 is 5.32 Å². The van der Waals surface area contributed by atoms with Crippen LogP contribution in [-0.2, 0) is 5.75 Å². The first kappa shape index (κ1) is 11.4. The normalized spacial score (nSPS) is 10.1. The van der Waals surface area contributed by atoms with Crippen LogP contribution >= 0.6 is 11.8 Å². The maximum absolute atomic E-state index is 4.32. The summed E-state index contributed by atoms with van der Waals surface area (Å²) >= 11 is 1.96. The van der Waals surface area contributed by atoms with E-state index in [1.807, 2.05) is 31.1 Å². The van der Waals surface area contributed by atoms with E-state index in [0.717, 1.165) is 17.1 Å². The number of hydrogen-bond acceptors (Lipinski definition) is 3. The lowest BCUT2D eigenvalue weighted by Gasteiger charge is -2.03. The molecular formula is C11H18N2S. The van der Waals surface area contributed by atoms with E-state index in [9.17, 15) is 0 Å². The van der Waals surface area contributed by atoms with Crippen molar-refractivity contribution in [3.63, 3.8) is 0 Å². The summed E-state index contributed by atoms with van der Waals surface area (Å²) < 4.78 is 0. The van der Waals surface area contributed by atoms with Crippen LogP contribution in [0.1, 0.15) is 25.5 Å². The number of nitrogens with zero attached hydrogens (tertiary/aromatic N) is 1. The van der Waals surface area contributed by atoms with E-state index in [2.05, 4.69) is 23.3 Å². The van der Waals surface area contributed by atoms with E-state index >= 15 is 0 Å². The van der Waals surface area contributed by atoms with Crippen LogP contribution in [0.5, 0.6) is 0 Å². The first-order valence-electron chi connectivity index (χ1n) is 5.07. The number of nitrogens with one attached hydrogen (secondary N) is 1. The molecule has 0 atom stereocenters. The fourth-order valence-corrected chi connectivity index (χ4v) is 2.14. The topological polar surface area (TPSA) is 24.9 Å². The van der Waals surface area contributed by atoms with Gasteiger partial charge in [-0.15, -0.1) is 0 Å². The van der Waals surface area contributed by atoms with Crippen LogP contribution in [0.25, 0.3) is 0 Å². The van der Waals surface area contributed by atoms with Crippen LogP contribution in [0.2, 0.25) is 0 Å². The molecule has 1 heterocycles. The molecule has 0 bridgehead atoms. The molecule has 0 aliphatic heterocycles. The second-order valence-electron chi connectivity index (χ2n) is 3.19. The highest BCUT2D eigenvalue weighted by molar-refractivity contribution is 7.98. The zero-order chi connectivity index (χ0) is 10.2. The molecule has 1 aromatic heterocycles. The Kier molecular flexibility index (Phi) is 5.45. The Bertz CT molecular complexity index is 263. The van der Waals surface area contributed by atoms with Crippen LogP contribution in [0.15, 0.2) is 18.3 Å². The van der Waals surface area contributed by atoms with E-state index in [4.69, 9.17) is 0 Å². The highest BCUT2D eigenvalue weighted by Crippen LogP contribution is 2.14. The Labute approximate surface area is 90.5 Å². The molecule has 0 aliphatic rings. The largest absolute Gasteiger partial charge is 0.388 e. The van der Waals surface area contributed by atoms with Crippen LogP contribution in [0, 0.1) is 0 Å². The summed E-state index contributed by atoms with van der Waals surface area (Å²) in [5.74, 6) is 2.26. The lowest BCUT2D eigenvalue weighted by molar-refractivity contribution is 0.895. The SMILES string of the molecule is CCCCSCc1cc(NC)ccn1. The number of thioether (sulfide) groups is 1. The number of pyridine rings is 1. The van der Waals surface area contributed by atoms with Gasteiger partial charge in [0.05, 0.1) is 5.69 Å². The molecule has 0 fully saturated rings. The predicted octanol–water partition coefficient (Wildman–Crippen LogP) is 3.16. The Morgan fingerprint density at radius 3 is 3.07 bits per heavy atom. The van der Waals surface area contributed by atoms with Crippen LogP contribution in [-0.4, -0.2) is 17.8 Å². The third-order valence-electron chi connectivity index (χ3n) is 2.00. The molecule has 0 saturated heterocycles. The number of anilines is 1. The third-order valence-corrected chi connectivity index (χ3v) is 3.07. The second-order valence-corrected chi connectivity index (χ2v) is 4.30. The van der Waals surface area contributed by atoms with Gasteiger partial charge in [0.2, 0.25) is 0 Å². The van der Waals surface area contributed by atoms with E-state index in [-0.39, 0.29) is 0 Å². The summed E-state index contributed by atoms with van der Waals surface area (Å²) in [6.45, 7) is 2.22. The van der Waals surface area contributed by atoms with Crippen molar-refractivity contribution in [3.8, 4) is 0 Å². The van der Waals surface area contributed by atoms with E-state index in [0.29, 0.717) is 0 Å². The Hall–Kier alpha value is -0.700. The summed E-state index contributed by atoms with van der Waals surface area (Å²) in [5, 5.41) is 3.12. The minimum Gasteiger partial charge on any atom is -0.388 e. The van der Waals surface area contributed by atoms with Gasteiger partial charge >= 0.3 is 0 Å². The zero-order valence-electron chi connectivity index (χ0n) is 8.92. The smallest absolute Gasteiger partial charge is 0.0523 e. The van der Waals surface area contributed by atoms with E-state index in [1.165, 1.54) is 18.6 Å². The van der Waals surface area contributed by atoms with Crippen molar-refractivity contribution in [1.29, 1.82) is 0 Å². The minimum atomic E-state index is 1.02. The van der Waals surface area contributed by atoms with Crippen molar-refractivity contribution in [2.45, 2.75) is 25.5 Å². The number of rotatable bonds is 6. The minimum absolute atomic E-state index is 1.02. The number of unbranched alkanes of at least 4 members (excludes halogenated alkanes) is 1. The van der Waals surface area contributed by atoms with Gasteiger partial charge in [0.1, 0.15) is 0 Å². The van der Waals surface area contributed by atoms with Crippen molar-refractivity contribution in [3.05, 3.63) is 24.0 Å². The zero-order valence-corrected chi connectivity index (χ0v) is 9.73. The molecule has 3 heteroatoms. The van der Waals surface area contributed by atoms with E-state index in [1.54, 1.807) is 0 Å². The molecule has 1 aromatic rings. The average molecular weight is 210 g/mol. The van der Waals surface area contributed by atoms with Crippen LogP contribution in [0.4, 0.5) is 5.69 Å². The van der Waals surface area contributed by atoms with Crippen molar-refractivity contribution in [2.24, 2.45) is 0 Å². The van der Waals surface area contributed by atoms with Crippen molar-refractivity contribution in [1.82, 2.24) is 4.98 Å². The van der Waals surface area contributed by atoms with Gasteiger partial charge < -0.3 is 5.32 Å². The maximum Gasteiger partial charge on any atom is 0.0523 e. The third kappa shape index (κ3) is 4.01.